The molecule has 1 aromatic rings. The van der Waals surface area contributed by atoms with Crippen molar-refractivity contribution >= 4 is 28.9 Å². The van der Waals surface area contributed by atoms with E-state index in [9.17, 15) is 4.91 Å². The molecule has 0 aromatic carbocycles. The van der Waals surface area contributed by atoms with Crippen LogP contribution in [0.5, 0.6) is 0 Å². The SMILES string of the molecule is O=Nc1cnc(Cl)c(Cl)c1. The molecule has 0 aliphatic heterocycles. The van der Waals surface area contributed by atoms with Gasteiger partial charge in [-0.1, -0.05) is 23.2 Å². The van der Waals surface area contributed by atoms with Gasteiger partial charge in [0.1, 0.15) is 10.8 Å². The molecular formula is C5H2Cl2N2O. The van der Waals surface area contributed by atoms with E-state index in [2.05, 4.69) is 10.2 Å². The minimum absolute atomic E-state index is 0.175. The topological polar surface area (TPSA) is 42.3 Å². The van der Waals surface area contributed by atoms with Gasteiger partial charge in [0.05, 0.1) is 11.2 Å². The van der Waals surface area contributed by atoms with Crippen molar-refractivity contribution in [1.29, 1.82) is 0 Å². The molecule has 0 unspecified atom stereocenters. The summed E-state index contributed by atoms with van der Waals surface area (Å²) in [6, 6.07) is 1.35. The van der Waals surface area contributed by atoms with E-state index in [4.69, 9.17) is 23.2 Å². The monoisotopic (exact) mass is 176 g/mol. The molecule has 0 aliphatic rings. The van der Waals surface area contributed by atoms with Gasteiger partial charge in [0.25, 0.3) is 0 Å². The Hall–Kier alpha value is -0.670. The largest absolute Gasteiger partial charge is 0.241 e. The number of nitrogens with zero attached hydrogens (tertiary/aromatic N) is 2. The molecule has 0 spiro atoms. The second kappa shape index (κ2) is 2.94. The predicted molar refractivity (Wildman–Crippen MR) is 39.7 cm³/mol. The Kier molecular flexibility index (Phi) is 2.19. The summed E-state index contributed by atoms with van der Waals surface area (Å²) in [4.78, 5) is 13.5. The summed E-state index contributed by atoms with van der Waals surface area (Å²) in [6.45, 7) is 0. The van der Waals surface area contributed by atoms with E-state index >= 15 is 0 Å². The molecule has 5 heteroatoms. The lowest BCUT2D eigenvalue weighted by atomic mass is 10.4. The Morgan fingerprint density at radius 3 is 2.70 bits per heavy atom. The fourth-order valence-electron chi connectivity index (χ4n) is 0.461. The van der Waals surface area contributed by atoms with E-state index in [1.807, 2.05) is 0 Å². The van der Waals surface area contributed by atoms with Gasteiger partial charge < -0.3 is 0 Å². The van der Waals surface area contributed by atoms with Crippen LogP contribution in [0.3, 0.4) is 0 Å². The summed E-state index contributed by atoms with van der Waals surface area (Å²) in [5, 5.41) is 3.03. The minimum atomic E-state index is 0.175. The smallest absolute Gasteiger partial charge is 0.147 e. The summed E-state index contributed by atoms with van der Waals surface area (Å²) in [7, 11) is 0. The van der Waals surface area contributed by atoms with Crippen LogP contribution in [-0.2, 0) is 0 Å². The van der Waals surface area contributed by atoms with Crippen molar-refractivity contribution in [3.63, 3.8) is 0 Å². The van der Waals surface area contributed by atoms with Crippen molar-refractivity contribution in [3.05, 3.63) is 27.3 Å². The number of halogens is 2. The number of rotatable bonds is 1. The highest BCUT2D eigenvalue weighted by atomic mass is 35.5. The molecular weight excluding hydrogens is 175 g/mol. The third-order valence-electron chi connectivity index (χ3n) is 0.887. The molecule has 1 heterocycles. The third-order valence-corrected chi connectivity index (χ3v) is 1.57. The maximum absolute atomic E-state index is 9.88. The van der Waals surface area contributed by atoms with Gasteiger partial charge in [0.2, 0.25) is 0 Å². The zero-order chi connectivity index (χ0) is 7.56. The first-order valence-electron chi connectivity index (χ1n) is 2.38. The van der Waals surface area contributed by atoms with Crippen LogP contribution in [0, 0.1) is 4.91 Å². The number of pyridine rings is 1. The molecule has 1 rings (SSSR count). The van der Waals surface area contributed by atoms with E-state index < -0.39 is 0 Å². The second-order valence-electron chi connectivity index (χ2n) is 1.56. The van der Waals surface area contributed by atoms with Crippen LogP contribution < -0.4 is 0 Å². The molecule has 0 saturated heterocycles. The van der Waals surface area contributed by atoms with Crippen molar-refractivity contribution in [2.45, 2.75) is 0 Å². The molecule has 1 aromatic heterocycles. The third kappa shape index (κ3) is 1.43. The maximum Gasteiger partial charge on any atom is 0.147 e. The standard InChI is InChI=1S/C5H2Cl2N2O/c6-4-1-3(9-10)2-8-5(4)7/h1-2H. The molecule has 3 nitrogen and oxygen atoms in total. The van der Waals surface area contributed by atoms with E-state index in [1.54, 1.807) is 0 Å². The van der Waals surface area contributed by atoms with Crippen molar-refractivity contribution in [1.82, 2.24) is 4.98 Å². The molecule has 52 valence electrons. The molecule has 0 saturated carbocycles. The van der Waals surface area contributed by atoms with Crippen molar-refractivity contribution in [2.75, 3.05) is 0 Å². The number of nitroso groups, excluding NO2 is 1. The maximum atomic E-state index is 9.88. The normalized spacial score (nSPS) is 9.40. The van der Waals surface area contributed by atoms with Gasteiger partial charge in [-0.2, -0.15) is 0 Å². The summed E-state index contributed by atoms with van der Waals surface area (Å²) in [5.41, 5.74) is 0.175. The predicted octanol–water partition coefficient (Wildman–Crippen LogP) is 2.79. The zero-order valence-electron chi connectivity index (χ0n) is 4.71. The average molecular weight is 177 g/mol. The fourth-order valence-corrected chi connectivity index (χ4v) is 0.725. The quantitative estimate of drug-likeness (QED) is 0.488. The molecule has 0 radical (unpaired) electrons. The van der Waals surface area contributed by atoms with E-state index in [1.165, 1.54) is 12.3 Å². The zero-order valence-corrected chi connectivity index (χ0v) is 6.23. The van der Waals surface area contributed by atoms with Crippen LogP contribution in [-0.4, -0.2) is 4.98 Å². The summed E-state index contributed by atoms with van der Waals surface area (Å²) in [6.07, 6.45) is 1.25. The van der Waals surface area contributed by atoms with Gasteiger partial charge in [-0.3, -0.25) is 0 Å². The molecule has 0 fully saturated rings. The Labute approximate surface area is 67.0 Å². The highest BCUT2D eigenvalue weighted by Crippen LogP contribution is 2.23. The Bertz CT molecular complexity index is 264. The number of hydrogen-bond donors (Lipinski definition) is 0. The fraction of sp³-hybridized carbons (Fsp3) is 0. The first-order valence-corrected chi connectivity index (χ1v) is 3.14. The Morgan fingerprint density at radius 2 is 2.20 bits per heavy atom. The molecule has 10 heavy (non-hydrogen) atoms. The summed E-state index contributed by atoms with van der Waals surface area (Å²) < 4.78 is 0. The van der Waals surface area contributed by atoms with Gasteiger partial charge in [-0.15, -0.1) is 4.91 Å². The summed E-state index contributed by atoms with van der Waals surface area (Å²) >= 11 is 11.0. The Morgan fingerprint density at radius 1 is 1.50 bits per heavy atom. The van der Waals surface area contributed by atoms with Crippen LogP contribution in [0.2, 0.25) is 10.2 Å². The van der Waals surface area contributed by atoms with Crippen LogP contribution in [0.1, 0.15) is 0 Å². The lowest BCUT2D eigenvalue weighted by Gasteiger charge is -1.91. The molecule has 0 amide bonds. The van der Waals surface area contributed by atoms with E-state index in [-0.39, 0.29) is 15.9 Å². The van der Waals surface area contributed by atoms with Gasteiger partial charge in [-0.05, 0) is 11.2 Å². The van der Waals surface area contributed by atoms with Crippen LogP contribution in [0.4, 0.5) is 5.69 Å². The van der Waals surface area contributed by atoms with Crippen molar-refractivity contribution in [3.8, 4) is 0 Å². The first-order chi connectivity index (χ1) is 4.74. The van der Waals surface area contributed by atoms with E-state index in [0.29, 0.717) is 0 Å². The molecule has 0 N–H and O–H groups in total. The van der Waals surface area contributed by atoms with Crippen LogP contribution in [0.25, 0.3) is 0 Å². The highest BCUT2D eigenvalue weighted by molar-refractivity contribution is 6.41. The van der Waals surface area contributed by atoms with Gasteiger partial charge in [0.15, 0.2) is 0 Å². The van der Waals surface area contributed by atoms with Gasteiger partial charge in [0, 0.05) is 0 Å². The molecule has 0 bridgehead atoms. The lowest BCUT2D eigenvalue weighted by molar-refractivity contribution is 1.30. The van der Waals surface area contributed by atoms with Gasteiger partial charge >= 0.3 is 0 Å². The second-order valence-corrected chi connectivity index (χ2v) is 2.32. The molecule has 0 aliphatic carbocycles. The van der Waals surface area contributed by atoms with Crippen LogP contribution in [0.15, 0.2) is 17.4 Å². The molecule has 0 atom stereocenters. The van der Waals surface area contributed by atoms with Gasteiger partial charge in [-0.25, -0.2) is 4.98 Å². The number of aromatic nitrogens is 1. The summed E-state index contributed by atoms with van der Waals surface area (Å²) in [5.74, 6) is 0. The Balaban J connectivity index is 3.16. The minimum Gasteiger partial charge on any atom is -0.241 e. The van der Waals surface area contributed by atoms with Crippen molar-refractivity contribution < 1.29 is 0 Å². The first kappa shape index (κ1) is 7.44. The lowest BCUT2D eigenvalue weighted by Crippen LogP contribution is -1.73. The van der Waals surface area contributed by atoms with Crippen molar-refractivity contribution in [2.24, 2.45) is 5.18 Å². The van der Waals surface area contributed by atoms with E-state index in [0.717, 1.165) is 0 Å². The number of hydrogen-bond acceptors (Lipinski definition) is 3. The van der Waals surface area contributed by atoms with Crippen LogP contribution >= 0.6 is 23.2 Å². The average Bonchev–Trinajstić information content (AvgIpc) is 1.95. The highest BCUT2D eigenvalue weighted by Gasteiger charge is 1.99.